The van der Waals surface area contributed by atoms with Crippen molar-refractivity contribution >= 4 is 0 Å². The molecule has 58 heavy (non-hydrogen) atoms. The van der Waals surface area contributed by atoms with Gasteiger partial charge in [-0.3, -0.25) is 0 Å². The first-order valence-electron chi connectivity index (χ1n) is 23.0. The van der Waals surface area contributed by atoms with Gasteiger partial charge in [0.25, 0.3) is 0 Å². The number of aromatic nitrogens is 4. The van der Waals surface area contributed by atoms with Gasteiger partial charge in [-0.2, -0.15) is 0 Å². The van der Waals surface area contributed by atoms with E-state index in [0.29, 0.717) is 23.6 Å². The van der Waals surface area contributed by atoms with Gasteiger partial charge in [-0.1, -0.05) is 155 Å². The first kappa shape index (κ1) is 44.6. The molecule has 0 aliphatic rings. The maximum atomic E-state index is 6.04. The van der Waals surface area contributed by atoms with Crippen molar-refractivity contribution in [2.24, 2.45) is 0 Å². The SMILES string of the molecule is CCCCCCCCCCCCCCOc1ccc(-c2nnc(-c3ccc(-c4nnc(-c5ccc(OCCCCCCCCCCCCCC)cc5)o4)cc3)o2)cc1. The lowest BCUT2D eigenvalue weighted by molar-refractivity contribution is 0.304. The molecule has 0 aliphatic carbocycles. The molecule has 5 rings (SSSR count). The van der Waals surface area contributed by atoms with Gasteiger partial charge >= 0.3 is 0 Å². The Morgan fingerprint density at radius 1 is 0.310 bits per heavy atom. The fourth-order valence-electron chi connectivity index (χ4n) is 7.32. The first-order valence-corrected chi connectivity index (χ1v) is 23.0. The molecule has 0 atom stereocenters. The zero-order valence-electron chi connectivity index (χ0n) is 35.7. The molecular formula is C50H70N4O4. The van der Waals surface area contributed by atoms with Crippen LogP contribution >= 0.6 is 0 Å². The molecule has 0 radical (unpaired) electrons. The van der Waals surface area contributed by atoms with Crippen molar-refractivity contribution in [1.82, 2.24) is 20.4 Å². The van der Waals surface area contributed by atoms with Crippen LogP contribution < -0.4 is 9.47 Å². The second-order valence-corrected chi connectivity index (χ2v) is 15.9. The maximum Gasteiger partial charge on any atom is 0.248 e. The largest absolute Gasteiger partial charge is 0.494 e. The monoisotopic (exact) mass is 791 g/mol. The van der Waals surface area contributed by atoms with Crippen molar-refractivity contribution in [1.29, 1.82) is 0 Å². The van der Waals surface area contributed by atoms with E-state index in [9.17, 15) is 0 Å². The predicted octanol–water partition coefficient (Wildman–Crippen LogP) is 15.3. The highest BCUT2D eigenvalue weighted by atomic mass is 16.5. The van der Waals surface area contributed by atoms with Crippen LogP contribution in [0.1, 0.15) is 168 Å². The van der Waals surface area contributed by atoms with Crippen LogP contribution in [0.2, 0.25) is 0 Å². The second-order valence-electron chi connectivity index (χ2n) is 15.9. The lowest BCUT2D eigenvalue weighted by Gasteiger charge is -2.07. The fourth-order valence-corrected chi connectivity index (χ4v) is 7.32. The van der Waals surface area contributed by atoms with Crippen molar-refractivity contribution in [3.05, 3.63) is 72.8 Å². The van der Waals surface area contributed by atoms with Gasteiger partial charge in [-0.05, 0) is 85.6 Å². The summed E-state index contributed by atoms with van der Waals surface area (Å²) in [4.78, 5) is 0. The smallest absolute Gasteiger partial charge is 0.248 e. The standard InChI is InChI=1S/C50H70N4O4/c1-3-5-7-9-11-13-15-17-19-21-23-25-39-55-45-35-31-43(32-36-45)49-53-51-47(57-49)41-27-29-42(30-28-41)48-52-54-50(58-48)44-33-37-46(38-34-44)56-40-26-24-22-20-18-16-14-12-10-8-6-4-2/h27-38H,3-26,39-40H2,1-2H3. The Morgan fingerprint density at radius 2 is 0.534 bits per heavy atom. The first-order chi connectivity index (χ1) is 28.7. The van der Waals surface area contributed by atoms with Crippen molar-refractivity contribution in [2.75, 3.05) is 13.2 Å². The average Bonchev–Trinajstić information content (AvgIpc) is 3.97. The van der Waals surface area contributed by atoms with Crippen LogP contribution in [0.4, 0.5) is 0 Å². The summed E-state index contributed by atoms with van der Waals surface area (Å²) in [7, 11) is 0. The highest BCUT2D eigenvalue weighted by Crippen LogP contribution is 2.29. The van der Waals surface area contributed by atoms with E-state index in [2.05, 4.69) is 34.2 Å². The molecule has 0 saturated carbocycles. The number of rotatable bonds is 32. The van der Waals surface area contributed by atoms with Gasteiger partial charge in [0.15, 0.2) is 0 Å². The molecule has 314 valence electrons. The number of ether oxygens (including phenoxy) is 2. The third kappa shape index (κ3) is 16.4. The molecule has 2 aromatic heterocycles. The summed E-state index contributed by atoms with van der Waals surface area (Å²) in [5.41, 5.74) is 3.32. The number of hydrogen-bond donors (Lipinski definition) is 0. The van der Waals surface area contributed by atoms with Gasteiger partial charge in [0, 0.05) is 22.3 Å². The Bertz CT molecular complexity index is 1630. The van der Waals surface area contributed by atoms with Crippen LogP contribution in [0.5, 0.6) is 11.5 Å². The zero-order chi connectivity index (χ0) is 40.3. The van der Waals surface area contributed by atoms with Gasteiger partial charge in [-0.15, -0.1) is 20.4 Å². The summed E-state index contributed by atoms with van der Waals surface area (Å²) in [5, 5.41) is 17.2. The molecule has 0 amide bonds. The molecule has 0 aliphatic heterocycles. The summed E-state index contributed by atoms with van der Waals surface area (Å²) in [6, 6.07) is 23.4. The quantitative estimate of drug-likeness (QED) is 0.0397. The van der Waals surface area contributed by atoms with E-state index in [1.54, 1.807) is 0 Å². The van der Waals surface area contributed by atoms with Crippen molar-refractivity contribution in [2.45, 2.75) is 168 Å². The summed E-state index contributed by atoms with van der Waals surface area (Å²) in [6.45, 7) is 6.04. The summed E-state index contributed by atoms with van der Waals surface area (Å²) in [5.74, 6) is 3.54. The Labute approximate surface area is 349 Å². The summed E-state index contributed by atoms with van der Waals surface area (Å²) in [6.07, 6.45) is 32.1. The van der Waals surface area contributed by atoms with Gasteiger partial charge in [0.2, 0.25) is 23.6 Å². The van der Waals surface area contributed by atoms with Crippen LogP contribution in [-0.2, 0) is 0 Å². The number of benzene rings is 3. The second kappa shape index (κ2) is 27.3. The topological polar surface area (TPSA) is 96.3 Å². The lowest BCUT2D eigenvalue weighted by Crippen LogP contribution is -1.97. The molecule has 0 bridgehead atoms. The molecule has 2 heterocycles. The third-order valence-electron chi connectivity index (χ3n) is 11.0. The third-order valence-corrected chi connectivity index (χ3v) is 11.0. The van der Waals surface area contributed by atoms with Gasteiger partial charge in [0.05, 0.1) is 13.2 Å². The van der Waals surface area contributed by atoms with Crippen LogP contribution in [0.3, 0.4) is 0 Å². The fraction of sp³-hybridized carbons (Fsp3) is 0.560. The Morgan fingerprint density at radius 3 is 0.793 bits per heavy atom. The van der Waals surface area contributed by atoms with E-state index < -0.39 is 0 Å². The molecule has 5 aromatic rings. The molecule has 0 unspecified atom stereocenters. The van der Waals surface area contributed by atoms with Crippen LogP contribution in [0.25, 0.3) is 45.8 Å². The Hall–Kier alpha value is -4.46. The Kier molecular flexibility index (Phi) is 21.0. The van der Waals surface area contributed by atoms with Crippen LogP contribution in [0, 0.1) is 0 Å². The van der Waals surface area contributed by atoms with Gasteiger partial charge < -0.3 is 18.3 Å². The molecular weight excluding hydrogens is 721 g/mol. The minimum Gasteiger partial charge on any atom is -0.494 e. The lowest BCUT2D eigenvalue weighted by atomic mass is 10.1. The molecule has 8 heteroatoms. The van der Waals surface area contributed by atoms with Crippen LogP contribution in [0.15, 0.2) is 81.6 Å². The van der Waals surface area contributed by atoms with Crippen molar-refractivity contribution in [3.63, 3.8) is 0 Å². The highest BCUT2D eigenvalue weighted by Gasteiger charge is 2.14. The van der Waals surface area contributed by atoms with E-state index in [-0.39, 0.29) is 0 Å². The summed E-state index contributed by atoms with van der Waals surface area (Å²) >= 11 is 0. The van der Waals surface area contributed by atoms with E-state index in [0.717, 1.165) is 59.8 Å². The van der Waals surface area contributed by atoms with Crippen molar-refractivity contribution < 1.29 is 18.3 Å². The molecule has 3 aromatic carbocycles. The molecule has 0 saturated heterocycles. The van der Waals surface area contributed by atoms with E-state index in [1.807, 2.05) is 72.8 Å². The normalized spacial score (nSPS) is 11.3. The van der Waals surface area contributed by atoms with E-state index in [1.165, 1.54) is 141 Å². The number of unbranched alkanes of at least 4 members (excludes halogenated alkanes) is 22. The molecule has 0 N–H and O–H groups in total. The summed E-state index contributed by atoms with van der Waals surface area (Å²) < 4.78 is 24.1. The Balaban J connectivity index is 0.958. The minimum atomic E-state index is 0.446. The van der Waals surface area contributed by atoms with E-state index >= 15 is 0 Å². The molecule has 0 spiro atoms. The predicted molar refractivity (Wildman–Crippen MR) is 237 cm³/mol. The zero-order valence-corrected chi connectivity index (χ0v) is 35.7. The maximum absolute atomic E-state index is 6.04. The average molecular weight is 791 g/mol. The number of nitrogens with zero attached hydrogens (tertiary/aromatic N) is 4. The highest BCUT2D eigenvalue weighted by molar-refractivity contribution is 5.64. The number of hydrogen-bond acceptors (Lipinski definition) is 8. The molecule has 8 nitrogen and oxygen atoms in total. The van der Waals surface area contributed by atoms with Gasteiger partial charge in [-0.25, -0.2) is 0 Å². The van der Waals surface area contributed by atoms with Crippen molar-refractivity contribution in [3.8, 4) is 57.3 Å². The van der Waals surface area contributed by atoms with Gasteiger partial charge in [0.1, 0.15) is 11.5 Å². The van der Waals surface area contributed by atoms with Crippen LogP contribution in [-0.4, -0.2) is 33.6 Å². The molecule has 0 fully saturated rings. The minimum absolute atomic E-state index is 0.446. The van der Waals surface area contributed by atoms with E-state index in [4.69, 9.17) is 18.3 Å².